The number of amides is 1. The van der Waals surface area contributed by atoms with Crippen molar-refractivity contribution in [2.45, 2.75) is 38.3 Å². The van der Waals surface area contributed by atoms with Crippen molar-refractivity contribution in [2.24, 2.45) is 0 Å². The number of rotatable bonds is 6. The molecule has 1 heterocycles. The quantitative estimate of drug-likeness (QED) is 0.696. The Hall–Kier alpha value is -0.220. The van der Waals surface area contributed by atoms with Crippen LogP contribution in [0.2, 0.25) is 0 Å². The highest BCUT2D eigenvalue weighted by Crippen LogP contribution is 2.06. The van der Waals surface area contributed by atoms with Crippen LogP contribution < -0.4 is 10.6 Å². The van der Waals surface area contributed by atoms with Crippen molar-refractivity contribution in [2.75, 3.05) is 18.6 Å². The Morgan fingerprint density at radius 1 is 1.71 bits per heavy atom. The van der Waals surface area contributed by atoms with Gasteiger partial charge in [0.1, 0.15) is 0 Å². The lowest BCUT2D eigenvalue weighted by Crippen LogP contribution is -2.39. The molecule has 4 heteroatoms. The summed E-state index contributed by atoms with van der Waals surface area (Å²) in [4.78, 5) is 10.9. The van der Waals surface area contributed by atoms with E-state index in [0.29, 0.717) is 18.5 Å². The van der Waals surface area contributed by atoms with E-state index in [1.807, 2.05) is 11.8 Å². The van der Waals surface area contributed by atoms with Gasteiger partial charge in [-0.05, 0) is 31.8 Å². The lowest BCUT2D eigenvalue weighted by Gasteiger charge is -2.16. The largest absolute Gasteiger partial charge is 0.352 e. The molecule has 2 unspecified atom stereocenters. The number of hydrogen-bond donors (Lipinski definition) is 2. The molecular formula is C10H20N2OS. The average molecular weight is 216 g/mol. The minimum atomic E-state index is 0.202. The monoisotopic (exact) mass is 216 g/mol. The molecule has 14 heavy (non-hydrogen) atoms. The van der Waals surface area contributed by atoms with Crippen LogP contribution in [0.25, 0.3) is 0 Å². The lowest BCUT2D eigenvalue weighted by molar-refractivity contribution is -0.119. The molecule has 2 atom stereocenters. The zero-order valence-electron chi connectivity index (χ0n) is 9.01. The van der Waals surface area contributed by atoms with Crippen LogP contribution in [0, 0.1) is 0 Å². The van der Waals surface area contributed by atoms with Gasteiger partial charge < -0.3 is 10.6 Å². The summed E-state index contributed by atoms with van der Waals surface area (Å²) in [5.41, 5.74) is 0. The molecule has 0 radical (unpaired) electrons. The molecule has 0 aromatic carbocycles. The second kappa shape index (κ2) is 6.30. The topological polar surface area (TPSA) is 41.1 Å². The van der Waals surface area contributed by atoms with Crippen LogP contribution in [0.1, 0.15) is 26.2 Å². The highest BCUT2D eigenvalue weighted by atomic mass is 32.2. The molecule has 0 aromatic rings. The van der Waals surface area contributed by atoms with E-state index in [-0.39, 0.29) is 5.91 Å². The fourth-order valence-electron chi connectivity index (χ4n) is 1.57. The summed E-state index contributed by atoms with van der Waals surface area (Å²) in [5, 5.41) is 6.41. The minimum absolute atomic E-state index is 0.202. The van der Waals surface area contributed by atoms with Gasteiger partial charge in [0.2, 0.25) is 5.91 Å². The van der Waals surface area contributed by atoms with Gasteiger partial charge in [0, 0.05) is 25.0 Å². The molecule has 0 spiro atoms. The molecule has 1 amide bonds. The Labute approximate surface area is 90.4 Å². The van der Waals surface area contributed by atoms with Gasteiger partial charge >= 0.3 is 0 Å². The van der Waals surface area contributed by atoms with Gasteiger partial charge in [-0.25, -0.2) is 0 Å². The van der Waals surface area contributed by atoms with Crippen LogP contribution in [-0.2, 0) is 4.79 Å². The highest BCUT2D eigenvalue weighted by molar-refractivity contribution is 7.98. The first-order valence-electron chi connectivity index (χ1n) is 5.24. The average Bonchev–Trinajstić information content (AvgIpc) is 2.58. The van der Waals surface area contributed by atoms with Gasteiger partial charge in [0.25, 0.3) is 0 Å². The van der Waals surface area contributed by atoms with Crippen LogP contribution >= 0.6 is 11.8 Å². The maximum Gasteiger partial charge on any atom is 0.220 e. The molecule has 82 valence electrons. The summed E-state index contributed by atoms with van der Waals surface area (Å²) in [6.07, 6.45) is 5.01. The Bertz CT molecular complexity index is 187. The van der Waals surface area contributed by atoms with Crippen LogP contribution in [0.5, 0.6) is 0 Å². The van der Waals surface area contributed by atoms with Gasteiger partial charge in [-0.1, -0.05) is 0 Å². The zero-order chi connectivity index (χ0) is 10.4. The number of carbonyl (C=O) groups is 1. The van der Waals surface area contributed by atoms with Crippen LogP contribution in [0.15, 0.2) is 0 Å². The fourth-order valence-corrected chi connectivity index (χ4v) is 2.16. The molecule has 1 fully saturated rings. The third kappa shape index (κ3) is 4.33. The van der Waals surface area contributed by atoms with E-state index in [4.69, 9.17) is 0 Å². The van der Waals surface area contributed by atoms with E-state index in [0.717, 1.165) is 13.0 Å². The molecular weight excluding hydrogens is 196 g/mol. The van der Waals surface area contributed by atoms with E-state index < -0.39 is 0 Å². The normalized spacial score (nSPS) is 23.6. The number of hydrogen-bond acceptors (Lipinski definition) is 3. The van der Waals surface area contributed by atoms with Gasteiger partial charge in [0.15, 0.2) is 0 Å². The molecule has 0 aromatic heterocycles. The van der Waals surface area contributed by atoms with E-state index in [9.17, 15) is 4.79 Å². The number of carbonyl (C=O) groups excluding carboxylic acids is 1. The Balaban J connectivity index is 2.05. The van der Waals surface area contributed by atoms with Crippen LogP contribution in [0.4, 0.5) is 0 Å². The van der Waals surface area contributed by atoms with Gasteiger partial charge in [-0.15, -0.1) is 0 Å². The Kier molecular flexibility index (Phi) is 5.33. The van der Waals surface area contributed by atoms with Crippen molar-refractivity contribution in [3.05, 3.63) is 0 Å². The summed E-state index contributed by atoms with van der Waals surface area (Å²) < 4.78 is 0. The summed E-state index contributed by atoms with van der Waals surface area (Å²) in [6, 6.07) is 0.916. The predicted octanol–water partition coefficient (Wildman–Crippen LogP) is 0.996. The summed E-state index contributed by atoms with van der Waals surface area (Å²) in [5.74, 6) is 1.40. The molecule has 2 N–H and O–H groups in total. The van der Waals surface area contributed by atoms with E-state index in [1.165, 1.54) is 12.2 Å². The number of nitrogens with one attached hydrogen (secondary N) is 2. The van der Waals surface area contributed by atoms with Crippen molar-refractivity contribution >= 4 is 17.7 Å². The van der Waals surface area contributed by atoms with E-state index >= 15 is 0 Å². The summed E-state index contributed by atoms with van der Waals surface area (Å²) in [7, 11) is 0. The first-order chi connectivity index (χ1) is 6.72. The molecule has 0 aliphatic carbocycles. The SMILES string of the molecule is CSCCC(C)NCC1CCC(=O)N1. The zero-order valence-corrected chi connectivity index (χ0v) is 9.82. The molecule has 1 saturated heterocycles. The lowest BCUT2D eigenvalue weighted by atomic mass is 10.2. The number of thioether (sulfide) groups is 1. The van der Waals surface area contributed by atoms with Crippen LogP contribution in [0.3, 0.4) is 0 Å². The maximum atomic E-state index is 10.9. The second-order valence-electron chi connectivity index (χ2n) is 3.89. The van der Waals surface area contributed by atoms with E-state index in [2.05, 4.69) is 23.8 Å². The molecule has 0 bridgehead atoms. The molecule has 1 aliphatic rings. The highest BCUT2D eigenvalue weighted by Gasteiger charge is 2.20. The van der Waals surface area contributed by atoms with Gasteiger partial charge in [-0.3, -0.25) is 4.79 Å². The van der Waals surface area contributed by atoms with E-state index in [1.54, 1.807) is 0 Å². The molecule has 3 nitrogen and oxygen atoms in total. The van der Waals surface area contributed by atoms with Crippen molar-refractivity contribution in [3.8, 4) is 0 Å². The smallest absolute Gasteiger partial charge is 0.220 e. The first kappa shape index (κ1) is 11.9. The molecule has 1 aliphatic heterocycles. The van der Waals surface area contributed by atoms with Gasteiger partial charge in [0.05, 0.1) is 0 Å². The van der Waals surface area contributed by atoms with Crippen molar-refractivity contribution < 1.29 is 4.79 Å². The standard InChI is InChI=1S/C10H20N2OS/c1-8(5-6-14-2)11-7-9-3-4-10(13)12-9/h8-9,11H,3-7H2,1-2H3,(H,12,13). The Morgan fingerprint density at radius 3 is 3.07 bits per heavy atom. The molecule has 1 rings (SSSR count). The first-order valence-corrected chi connectivity index (χ1v) is 6.63. The minimum Gasteiger partial charge on any atom is -0.352 e. The fraction of sp³-hybridized carbons (Fsp3) is 0.900. The van der Waals surface area contributed by atoms with Crippen molar-refractivity contribution in [1.29, 1.82) is 0 Å². The predicted molar refractivity (Wildman–Crippen MR) is 61.6 cm³/mol. The summed E-state index contributed by atoms with van der Waals surface area (Å²) >= 11 is 1.88. The third-order valence-electron chi connectivity index (χ3n) is 2.55. The molecule has 0 saturated carbocycles. The second-order valence-corrected chi connectivity index (χ2v) is 4.88. The van der Waals surface area contributed by atoms with Gasteiger partial charge in [-0.2, -0.15) is 11.8 Å². The summed E-state index contributed by atoms with van der Waals surface area (Å²) in [6.45, 7) is 3.12. The van der Waals surface area contributed by atoms with Crippen molar-refractivity contribution in [1.82, 2.24) is 10.6 Å². The van der Waals surface area contributed by atoms with Crippen LogP contribution in [-0.4, -0.2) is 36.5 Å². The third-order valence-corrected chi connectivity index (χ3v) is 3.20. The maximum absolute atomic E-state index is 10.9. The van der Waals surface area contributed by atoms with Crippen molar-refractivity contribution in [3.63, 3.8) is 0 Å². The Morgan fingerprint density at radius 2 is 2.50 bits per heavy atom.